The molecule has 2 amide bonds. The van der Waals surface area contributed by atoms with E-state index in [2.05, 4.69) is 10.6 Å². The molecule has 0 radical (unpaired) electrons. The molecule has 0 aliphatic heterocycles. The van der Waals surface area contributed by atoms with Crippen molar-refractivity contribution >= 4 is 35.1 Å². The molecule has 0 unspecified atom stereocenters. The van der Waals surface area contributed by atoms with Crippen molar-refractivity contribution in [3.63, 3.8) is 0 Å². The number of carbonyl (C=O) groups is 4. The first-order valence-electron chi connectivity index (χ1n) is 9.48. The van der Waals surface area contributed by atoms with E-state index in [1.54, 1.807) is 0 Å². The first kappa shape index (κ1) is 23.9. The molecule has 0 saturated heterocycles. The Bertz CT molecular complexity index is 1320. The lowest BCUT2D eigenvalue weighted by molar-refractivity contribution is 0.0681. The SMILES string of the molecule is COc1cc(C(=O)Nc2cccc(F)c2C(=O)O)ccc1C(=O)Nc1cccc(F)c1C(=O)O. The average molecular weight is 470 g/mol. The van der Waals surface area contributed by atoms with Crippen molar-refractivity contribution < 1.29 is 42.9 Å². The highest BCUT2D eigenvalue weighted by Crippen LogP contribution is 2.26. The molecule has 0 saturated carbocycles. The highest BCUT2D eigenvalue weighted by atomic mass is 19.1. The minimum Gasteiger partial charge on any atom is -0.496 e. The van der Waals surface area contributed by atoms with E-state index in [-0.39, 0.29) is 28.3 Å². The van der Waals surface area contributed by atoms with Crippen molar-refractivity contribution in [2.75, 3.05) is 17.7 Å². The second-order valence-corrected chi connectivity index (χ2v) is 6.76. The second kappa shape index (κ2) is 9.77. The van der Waals surface area contributed by atoms with Crippen LogP contribution in [0.15, 0.2) is 54.6 Å². The van der Waals surface area contributed by atoms with E-state index < -0.39 is 46.5 Å². The van der Waals surface area contributed by atoms with Gasteiger partial charge in [-0.1, -0.05) is 12.1 Å². The van der Waals surface area contributed by atoms with E-state index in [4.69, 9.17) is 4.74 Å². The van der Waals surface area contributed by atoms with Gasteiger partial charge in [0.15, 0.2) is 0 Å². The quantitative estimate of drug-likeness (QED) is 0.411. The van der Waals surface area contributed by atoms with Gasteiger partial charge < -0.3 is 25.6 Å². The summed E-state index contributed by atoms with van der Waals surface area (Å²) in [6, 6.07) is 10.3. The highest BCUT2D eigenvalue weighted by Gasteiger charge is 2.22. The summed E-state index contributed by atoms with van der Waals surface area (Å²) in [4.78, 5) is 47.9. The minimum absolute atomic E-state index is 0.0500. The number of carboxylic acids is 2. The lowest BCUT2D eigenvalue weighted by Gasteiger charge is -2.13. The summed E-state index contributed by atoms with van der Waals surface area (Å²) in [6.07, 6.45) is 0. The molecule has 0 aliphatic rings. The number of rotatable bonds is 7. The lowest BCUT2D eigenvalue weighted by Crippen LogP contribution is -2.18. The normalized spacial score (nSPS) is 10.3. The summed E-state index contributed by atoms with van der Waals surface area (Å²) in [5.74, 6) is -6.96. The van der Waals surface area contributed by atoms with Crippen molar-refractivity contribution in [2.45, 2.75) is 0 Å². The molecule has 34 heavy (non-hydrogen) atoms. The number of anilines is 2. The van der Waals surface area contributed by atoms with Crippen molar-refractivity contribution in [1.29, 1.82) is 0 Å². The molecule has 0 aliphatic carbocycles. The summed E-state index contributed by atoms with van der Waals surface area (Å²) >= 11 is 0. The molecule has 11 heteroatoms. The van der Waals surface area contributed by atoms with Crippen LogP contribution < -0.4 is 15.4 Å². The molecular formula is C23H16F2N2O7. The van der Waals surface area contributed by atoms with Gasteiger partial charge in [0.05, 0.1) is 24.0 Å². The van der Waals surface area contributed by atoms with Crippen LogP contribution in [-0.4, -0.2) is 41.1 Å². The van der Waals surface area contributed by atoms with E-state index in [0.717, 1.165) is 12.1 Å². The van der Waals surface area contributed by atoms with Crippen LogP contribution in [0.3, 0.4) is 0 Å². The Morgan fingerprint density at radius 1 is 0.765 bits per heavy atom. The molecule has 0 heterocycles. The van der Waals surface area contributed by atoms with Gasteiger partial charge in [0.25, 0.3) is 11.8 Å². The molecule has 9 nitrogen and oxygen atoms in total. The Labute approximate surface area is 190 Å². The van der Waals surface area contributed by atoms with Crippen LogP contribution >= 0.6 is 0 Å². The topological polar surface area (TPSA) is 142 Å². The third-order valence-electron chi connectivity index (χ3n) is 4.66. The molecule has 3 aromatic rings. The monoisotopic (exact) mass is 470 g/mol. The van der Waals surface area contributed by atoms with Crippen molar-refractivity contribution in [3.05, 3.63) is 88.5 Å². The standard InChI is InChI=1S/C23H16F2N2O7/c1-34-17-10-11(20(28)26-15-6-2-4-13(24)18(15)22(30)31)8-9-12(17)21(29)27-16-7-3-5-14(25)19(16)23(32)33/h2-10H,1H3,(H,26,28)(H,27,29)(H,30,31)(H,32,33). The van der Waals surface area contributed by atoms with Crippen LogP contribution in [0.2, 0.25) is 0 Å². The smallest absolute Gasteiger partial charge is 0.340 e. The molecule has 3 rings (SSSR count). The third-order valence-corrected chi connectivity index (χ3v) is 4.66. The fraction of sp³-hybridized carbons (Fsp3) is 0.0435. The van der Waals surface area contributed by atoms with Crippen LogP contribution in [0.1, 0.15) is 41.4 Å². The summed E-state index contributed by atoms with van der Waals surface area (Å²) in [6.45, 7) is 0. The number of nitrogens with one attached hydrogen (secondary N) is 2. The van der Waals surface area contributed by atoms with Gasteiger partial charge in [0.1, 0.15) is 28.5 Å². The van der Waals surface area contributed by atoms with E-state index in [1.807, 2.05) is 0 Å². The number of carboxylic acid groups (broad SMARTS) is 2. The van der Waals surface area contributed by atoms with E-state index in [0.29, 0.717) is 0 Å². The van der Waals surface area contributed by atoms with Crippen LogP contribution in [0.5, 0.6) is 5.75 Å². The van der Waals surface area contributed by atoms with Crippen molar-refractivity contribution in [3.8, 4) is 5.75 Å². The van der Waals surface area contributed by atoms with Crippen LogP contribution in [-0.2, 0) is 0 Å². The number of methoxy groups -OCH3 is 1. The summed E-state index contributed by atoms with van der Waals surface area (Å²) in [5.41, 5.74) is -2.15. The zero-order valence-electron chi connectivity index (χ0n) is 17.4. The predicted octanol–water partition coefficient (Wildman–Crippen LogP) is 3.87. The maximum Gasteiger partial charge on any atom is 0.340 e. The van der Waals surface area contributed by atoms with E-state index >= 15 is 0 Å². The maximum absolute atomic E-state index is 13.9. The summed E-state index contributed by atoms with van der Waals surface area (Å²) < 4.78 is 32.8. The number of amides is 2. The number of carbonyl (C=O) groups excluding carboxylic acids is 2. The van der Waals surface area contributed by atoms with Crippen LogP contribution in [0.4, 0.5) is 20.2 Å². The predicted molar refractivity (Wildman–Crippen MR) is 116 cm³/mol. The number of hydrogen-bond acceptors (Lipinski definition) is 5. The maximum atomic E-state index is 13.9. The van der Waals surface area contributed by atoms with Gasteiger partial charge in [-0.3, -0.25) is 9.59 Å². The van der Waals surface area contributed by atoms with Gasteiger partial charge in [0, 0.05) is 5.56 Å². The van der Waals surface area contributed by atoms with Crippen LogP contribution in [0.25, 0.3) is 0 Å². The summed E-state index contributed by atoms with van der Waals surface area (Å²) in [5, 5.41) is 23.0. The Kier molecular flexibility index (Phi) is 6.86. The Hall–Kier alpha value is -4.80. The molecule has 0 fully saturated rings. The first-order chi connectivity index (χ1) is 16.1. The van der Waals surface area contributed by atoms with Gasteiger partial charge >= 0.3 is 11.9 Å². The molecule has 3 aromatic carbocycles. The molecular weight excluding hydrogens is 454 g/mol. The van der Waals surface area contributed by atoms with Crippen molar-refractivity contribution in [2.24, 2.45) is 0 Å². The number of ether oxygens (including phenoxy) is 1. The molecule has 0 bridgehead atoms. The van der Waals surface area contributed by atoms with Gasteiger partial charge in [0.2, 0.25) is 0 Å². The van der Waals surface area contributed by atoms with Crippen molar-refractivity contribution in [1.82, 2.24) is 0 Å². The Balaban J connectivity index is 1.88. The lowest BCUT2D eigenvalue weighted by atomic mass is 10.1. The molecule has 4 N–H and O–H groups in total. The summed E-state index contributed by atoms with van der Waals surface area (Å²) in [7, 11) is 1.22. The van der Waals surface area contributed by atoms with Gasteiger partial charge in [-0.05, 0) is 42.5 Å². The molecule has 0 aromatic heterocycles. The van der Waals surface area contributed by atoms with Gasteiger partial charge in [-0.25, -0.2) is 18.4 Å². The zero-order valence-corrected chi connectivity index (χ0v) is 17.4. The van der Waals surface area contributed by atoms with E-state index in [9.17, 15) is 38.2 Å². The largest absolute Gasteiger partial charge is 0.496 e. The number of hydrogen-bond donors (Lipinski definition) is 4. The van der Waals surface area contributed by atoms with E-state index in [1.165, 1.54) is 49.6 Å². The van der Waals surface area contributed by atoms with Gasteiger partial charge in [-0.2, -0.15) is 0 Å². The fourth-order valence-electron chi connectivity index (χ4n) is 3.10. The van der Waals surface area contributed by atoms with Crippen LogP contribution in [0, 0.1) is 11.6 Å². The van der Waals surface area contributed by atoms with Gasteiger partial charge in [-0.15, -0.1) is 0 Å². The Morgan fingerprint density at radius 2 is 1.26 bits per heavy atom. The molecule has 0 spiro atoms. The first-order valence-corrected chi connectivity index (χ1v) is 9.48. The zero-order chi connectivity index (χ0) is 25.0. The minimum atomic E-state index is -1.58. The number of halogens is 2. The molecule has 0 atom stereocenters. The highest BCUT2D eigenvalue weighted by molar-refractivity contribution is 6.11. The number of aromatic carboxylic acids is 2. The second-order valence-electron chi connectivity index (χ2n) is 6.76. The third kappa shape index (κ3) is 4.83. The molecule has 174 valence electrons. The average Bonchev–Trinajstić information content (AvgIpc) is 2.78. The Morgan fingerprint density at radius 3 is 1.74 bits per heavy atom. The number of benzene rings is 3. The fourth-order valence-corrected chi connectivity index (χ4v) is 3.10.